The molecular weight excluding hydrogens is 262 g/mol. The fourth-order valence-corrected chi connectivity index (χ4v) is 2.33. The maximum Gasteiger partial charge on any atom is 0.251 e. The van der Waals surface area contributed by atoms with E-state index in [0.717, 1.165) is 17.1 Å². The van der Waals surface area contributed by atoms with Gasteiger partial charge in [-0.05, 0) is 19.1 Å². The van der Waals surface area contributed by atoms with E-state index in [1.165, 1.54) is 6.20 Å². The van der Waals surface area contributed by atoms with Gasteiger partial charge in [0, 0.05) is 35.8 Å². The third-order valence-corrected chi connectivity index (χ3v) is 3.49. The van der Waals surface area contributed by atoms with Gasteiger partial charge < -0.3 is 10.7 Å². The van der Waals surface area contributed by atoms with Gasteiger partial charge in [0.05, 0.1) is 5.01 Å². The van der Waals surface area contributed by atoms with Crippen LogP contribution in [0, 0.1) is 6.92 Å². The molecule has 0 fully saturated rings. The van der Waals surface area contributed by atoms with Crippen molar-refractivity contribution in [2.24, 2.45) is 5.84 Å². The van der Waals surface area contributed by atoms with Crippen molar-refractivity contribution in [1.82, 2.24) is 15.3 Å². The van der Waals surface area contributed by atoms with Crippen LogP contribution in [0.15, 0.2) is 23.7 Å². The van der Waals surface area contributed by atoms with Gasteiger partial charge in [0.15, 0.2) is 0 Å². The molecule has 0 aliphatic rings. The number of pyridine rings is 1. The first kappa shape index (κ1) is 13.4. The summed E-state index contributed by atoms with van der Waals surface area (Å²) in [5.41, 5.74) is 3.95. The normalized spacial score (nSPS) is 10.2. The van der Waals surface area contributed by atoms with Crippen LogP contribution in [-0.4, -0.2) is 22.4 Å². The molecule has 7 heteroatoms. The number of nitrogen functional groups attached to an aromatic ring is 1. The maximum atomic E-state index is 11.9. The highest BCUT2D eigenvalue weighted by molar-refractivity contribution is 7.09. The van der Waals surface area contributed by atoms with Crippen LogP contribution in [0.1, 0.15) is 21.1 Å². The number of carbonyl (C=O) groups is 1. The number of carbonyl (C=O) groups excluding carboxylic acids is 1. The van der Waals surface area contributed by atoms with Crippen molar-refractivity contribution >= 4 is 23.1 Å². The lowest BCUT2D eigenvalue weighted by molar-refractivity contribution is 0.0954. The molecule has 2 aromatic rings. The largest absolute Gasteiger partial charge is 0.352 e. The highest BCUT2D eigenvalue weighted by Crippen LogP contribution is 2.09. The topological polar surface area (TPSA) is 92.9 Å². The summed E-state index contributed by atoms with van der Waals surface area (Å²) in [6.07, 6.45) is 2.27. The number of hydrogen-bond donors (Lipinski definition) is 3. The molecule has 0 aliphatic carbocycles. The van der Waals surface area contributed by atoms with Gasteiger partial charge in [-0.2, -0.15) is 0 Å². The van der Waals surface area contributed by atoms with Crippen LogP contribution in [-0.2, 0) is 6.42 Å². The van der Waals surface area contributed by atoms with Crippen molar-refractivity contribution in [3.63, 3.8) is 0 Å². The number of aromatic nitrogens is 2. The second-order valence-electron chi connectivity index (χ2n) is 3.96. The Morgan fingerprint density at radius 1 is 1.53 bits per heavy atom. The Labute approximate surface area is 115 Å². The molecule has 0 aromatic carbocycles. The Morgan fingerprint density at radius 2 is 2.37 bits per heavy atom. The lowest BCUT2D eigenvalue weighted by Gasteiger charge is -2.05. The molecule has 0 atom stereocenters. The maximum absolute atomic E-state index is 11.9. The number of thiazole rings is 1. The van der Waals surface area contributed by atoms with Gasteiger partial charge >= 0.3 is 0 Å². The summed E-state index contributed by atoms with van der Waals surface area (Å²) in [4.78, 5) is 20.2. The Balaban J connectivity index is 1.87. The van der Waals surface area contributed by atoms with Gasteiger partial charge in [0.1, 0.15) is 5.82 Å². The number of hydrazine groups is 1. The van der Waals surface area contributed by atoms with E-state index in [0.29, 0.717) is 17.9 Å². The number of amides is 1. The molecule has 0 radical (unpaired) electrons. The fourth-order valence-electron chi connectivity index (χ4n) is 1.55. The highest BCUT2D eigenvalue weighted by Gasteiger charge is 2.06. The number of aryl methyl sites for hydroxylation is 1. The van der Waals surface area contributed by atoms with Gasteiger partial charge in [-0.25, -0.2) is 15.8 Å². The van der Waals surface area contributed by atoms with E-state index in [9.17, 15) is 4.79 Å². The summed E-state index contributed by atoms with van der Waals surface area (Å²) in [6, 6.07) is 3.24. The molecule has 0 aliphatic heterocycles. The summed E-state index contributed by atoms with van der Waals surface area (Å²) in [5.74, 6) is 5.56. The number of nitrogens with zero attached hydrogens (tertiary/aromatic N) is 2. The summed E-state index contributed by atoms with van der Waals surface area (Å²) < 4.78 is 0. The molecule has 0 bridgehead atoms. The second-order valence-corrected chi connectivity index (χ2v) is 4.91. The monoisotopic (exact) mass is 277 g/mol. The smallest absolute Gasteiger partial charge is 0.251 e. The first-order valence-electron chi connectivity index (χ1n) is 5.81. The van der Waals surface area contributed by atoms with Crippen molar-refractivity contribution in [2.45, 2.75) is 13.3 Å². The molecule has 2 aromatic heterocycles. The summed E-state index contributed by atoms with van der Waals surface area (Å²) >= 11 is 1.60. The Hall–Kier alpha value is -1.99. The van der Waals surface area contributed by atoms with Gasteiger partial charge in [-0.1, -0.05) is 0 Å². The van der Waals surface area contributed by atoms with E-state index in [-0.39, 0.29) is 5.91 Å². The average molecular weight is 277 g/mol. The Kier molecular flexibility index (Phi) is 4.43. The van der Waals surface area contributed by atoms with Crippen molar-refractivity contribution in [1.29, 1.82) is 0 Å². The summed E-state index contributed by atoms with van der Waals surface area (Å²) in [7, 11) is 0. The van der Waals surface area contributed by atoms with Crippen LogP contribution >= 0.6 is 11.3 Å². The zero-order valence-electron chi connectivity index (χ0n) is 10.5. The third-order valence-electron chi connectivity index (χ3n) is 2.46. The second kappa shape index (κ2) is 6.26. The molecule has 6 nitrogen and oxygen atoms in total. The van der Waals surface area contributed by atoms with Crippen LogP contribution < -0.4 is 16.6 Å². The average Bonchev–Trinajstić information content (AvgIpc) is 2.84. The van der Waals surface area contributed by atoms with Gasteiger partial charge in [0.2, 0.25) is 0 Å². The number of anilines is 1. The third kappa shape index (κ3) is 3.73. The molecule has 100 valence electrons. The molecule has 0 saturated carbocycles. The fraction of sp³-hybridized carbons (Fsp3) is 0.250. The molecule has 2 heterocycles. The van der Waals surface area contributed by atoms with E-state index in [2.05, 4.69) is 20.7 Å². The quantitative estimate of drug-likeness (QED) is 0.562. The van der Waals surface area contributed by atoms with E-state index in [4.69, 9.17) is 5.84 Å². The van der Waals surface area contributed by atoms with Crippen LogP contribution in [0.3, 0.4) is 0 Å². The Bertz CT molecular complexity index is 569. The molecule has 1 amide bonds. The summed E-state index contributed by atoms with van der Waals surface area (Å²) in [6.45, 7) is 2.51. The summed E-state index contributed by atoms with van der Waals surface area (Å²) in [5, 5.41) is 5.86. The van der Waals surface area contributed by atoms with E-state index < -0.39 is 0 Å². The lowest BCUT2D eigenvalue weighted by atomic mass is 10.2. The highest BCUT2D eigenvalue weighted by atomic mass is 32.1. The van der Waals surface area contributed by atoms with Gasteiger partial charge in [-0.3, -0.25) is 4.79 Å². The number of nitrogens with two attached hydrogens (primary N) is 1. The molecule has 0 unspecified atom stereocenters. The zero-order valence-corrected chi connectivity index (χ0v) is 11.3. The van der Waals surface area contributed by atoms with Gasteiger partial charge in [-0.15, -0.1) is 11.3 Å². The van der Waals surface area contributed by atoms with Crippen molar-refractivity contribution in [3.8, 4) is 0 Å². The molecule has 0 saturated heterocycles. The molecule has 19 heavy (non-hydrogen) atoms. The number of hydrogen-bond acceptors (Lipinski definition) is 6. The van der Waals surface area contributed by atoms with Crippen molar-refractivity contribution in [3.05, 3.63) is 40.0 Å². The number of nitrogens with one attached hydrogen (secondary N) is 2. The standard InChI is InChI=1S/C12H15N5OS/c1-8-7-19-11(16-8)3-5-15-12(18)9-2-4-14-10(6-9)17-13/h2,4,6-7H,3,5,13H2,1H3,(H,14,17)(H,15,18). The predicted molar refractivity (Wildman–Crippen MR) is 74.9 cm³/mol. The molecule has 2 rings (SSSR count). The van der Waals surface area contributed by atoms with E-state index in [1.807, 2.05) is 12.3 Å². The minimum atomic E-state index is -0.146. The van der Waals surface area contributed by atoms with Gasteiger partial charge in [0.25, 0.3) is 5.91 Å². The van der Waals surface area contributed by atoms with Crippen molar-refractivity contribution in [2.75, 3.05) is 12.0 Å². The minimum absolute atomic E-state index is 0.146. The van der Waals surface area contributed by atoms with E-state index >= 15 is 0 Å². The molecule has 4 N–H and O–H groups in total. The van der Waals surface area contributed by atoms with Crippen LogP contribution in [0.5, 0.6) is 0 Å². The predicted octanol–water partition coefficient (Wildman–Crippen LogP) is 1.10. The molecular formula is C12H15N5OS. The minimum Gasteiger partial charge on any atom is -0.352 e. The van der Waals surface area contributed by atoms with Crippen molar-refractivity contribution < 1.29 is 4.79 Å². The first-order chi connectivity index (χ1) is 9.19. The SMILES string of the molecule is Cc1csc(CCNC(=O)c2ccnc(NN)c2)n1. The zero-order chi connectivity index (χ0) is 13.7. The lowest BCUT2D eigenvalue weighted by Crippen LogP contribution is -2.26. The van der Waals surface area contributed by atoms with Crippen LogP contribution in [0.4, 0.5) is 5.82 Å². The van der Waals surface area contributed by atoms with Crippen LogP contribution in [0.2, 0.25) is 0 Å². The van der Waals surface area contributed by atoms with E-state index in [1.54, 1.807) is 23.5 Å². The molecule has 0 spiro atoms. The first-order valence-corrected chi connectivity index (χ1v) is 6.69. The Morgan fingerprint density at radius 3 is 3.05 bits per heavy atom. The number of rotatable bonds is 5. The van der Waals surface area contributed by atoms with Crippen LogP contribution in [0.25, 0.3) is 0 Å².